The van der Waals surface area contributed by atoms with E-state index in [0.29, 0.717) is 0 Å². The highest BCUT2D eigenvalue weighted by atomic mass is 16.2. The first kappa shape index (κ1) is 15.8. The maximum Gasteiger partial charge on any atom is 0.228 e. The second kappa shape index (κ2) is 5.52. The van der Waals surface area contributed by atoms with Crippen molar-refractivity contribution in [2.45, 2.75) is 52.9 Å². The van der Waals surface area contributed by atoms with Gasteiger partial charge >= 0.3 is 0 Å². The van der Waals surface area contributed by atoms with Crippen LogP contribution in [0.15, 0.2) is 24.3 Å². The van der Waals surface area contributed by atoms with E-state index in [4.69, 9.17) is 5.10 Å². The van der Waals surface area contributed by atoms with Gasteiger partial charge in [-0.05, 0) is 43.9 Å². The number of amides is 1. The van der Waals surface area contributed by atoms with E-state index in [2.05, 4.69) is 52.1 Å². The quantitative estimate of drug-likeness (QED) is 0.926. The first-order valence-corrected chi connectivity index (χ1v) is 8.25. The van der Waals surface area contributed by atoms with Gasteiger partial charge in [0.25, 0.3) is 0 Å². The van der Waals surface area contributed by atoms with Gasteiger partial charge < -0.3 is 5.32 Å². The van der Waals surface area contributed by atoms with E-state index in [1.165, 1.54) is 11.1 Å². The van der Waals surface area contributed by atoms with Crippen LogP contribution in [0.25, 0.3) is 5.69 Å². The van der Waals surface area contributed by atoms with Crippen LogP contribution >= 0.6 is 0 Å². The fraction of sp³-hybridized carbons (Fsp3) is 0.474. The highest BCUT2D eigenvalue weighted by molar-refractivity contribution is 5.93. The van der Waals surface area contributed by atoms with Crippen LogP contribution in [0.4, 0.5) is 5.82 Å². The molecular formula is C19H25N3O. The fourth-order valence-corrected chi connectivity index (χ4v) is 2.56. The predicted octanol–water partition coefficient (Wildman–Crippen LogP) is 4.14. The number of anilines is 1. The number of aryl methyl sites for hydroxylation is 1. The third kappa shape index (κ3) is 3.16. The molecule has 23 heavy (non-hydrogen) atoms. The Morgan fingerprint density at radius 3 is 2.57 bits per heavy atom. The van der Waals surface area contributed by atoms with Crippen molar-refractivity contribution in [3.63, 3.8) is 0 Å². The molecule has 3 rings (SSSR count). The number of benzene rings is 1. The van der Waals surface area contributed by atoms with Gasteiger partial charge in [-0.1, -0.05) is 32.9 Å². The van der Waals surface area contributed by atoms with E-state index in [-0.39, 0.29) is 17.2 Å². The molecule has 1 aliphatic rings. The van der Waals surface area contributed by atoms with Crippen LogP contribution in [0.2, 0.25) is 0 Å². The summed E-state index contributed by atoms with van der Waals surface area (Å²) in [5, 5.41) is 7.86. The lowest BCUT2D eigenvalue weighted by atomic mass is 9.92. The summed E-state index contributed by atoms with van der Waals surface area (Å²) >= 11 is 0. The SMILES string of the molecule is Cc1cccc(-n2nc(C(C)(C)C)cc2NC(=O)C2CC2)c1C. The molecule has 1 aromatic heterocycles. The monoisotopic (exact) mass is 311 g/mol. The zero-order valence-corrected chi connectivity index (χ0v) is 14.6. The van der Waals surface area contributed by atoms with Gasteiger partial charge in [0.05, 0.1) is 11.4 Å². The van der Waals surface area contributed by atoms with Gasteiger partial charge in [0, 0.05) is 17.4 Å². The smallest absolute Gasteiger partial charge is 0.228 e. The number of nitrogens with one attached hydrogen (secondary N) is 1. The summed E-state index contributed by atoms with van der Waals surface area (Å²) in [4.78, 5) is 12.2. The first-order chi connectivity index (χ1) is 10.8. The van der Waals surface area contributed by atoms with Gasteiger partial charge in [0.15, 0.2) is 0 Å². The topological polar surface area (TPSA) is 46.9 Å². The standard InChI is InChI=1S/C19H25N3O/c1-12-7-6-8-15(13(12)2)22-17(20-18(23)14-9-10-14)11-16(21-22)19(3,4)5/h6-8,11,14H,9-10H2,1-5H3,(H,20,23). The molecule has 0 unspecified atom stereocenters. The molecule has 0 saturated heterocycles. The van der Waals surface area contributed by atoms with Crippen LogP contribution in [0.1, 0.15) is 50.4 Å². The van der Waals surface area contributed by atoms with E-state index >= 15 is 0 Å². The predicted molar refractivity (Wildman–Crippen MR) is 93.1 cm³/mol. The third-order valence-corrected chi connectivity index (χ3v) is 4.48. The molecule has 0 radical (unpaired) electrons. The lowest BCUT2D eigenvalue weighted by molar-refractivity contribution is -0.117. The Kier molecular flexibility index (Phi) is 3.78. The van der Waals surface area contributed by atoms with Crippen molar-refractivity contribution in [1.29, 1.82) is 0 Å². The number of carbonyl (C=O) groups excluding carboxylic acids is 1. The minimum Gasteiger partial charge on any atom is -0.310 e. The van der Waals surface area contributed by atoms with Gasteiger partial charge in [0.2, 0.25) is 5.91 Å². The summed E-state index contributed by atoms with van der Waals surface area (Å²) in [5.41, 5.74) is 4.33. The second-order valence-corrected chi connectivity index (χ2v) is 7.56. The normalized spacial score (nSPS) is 14.8. The molecule has 0 spiro atoms. The Morgan fingerprint density at radius 2 is 1.96 bits per heavy atom. The van der Waals surface area contributed by atoms with Crippen molar-refractivity contribution in [2.24, 2.45) is 5.92 Å². The fourth-order valence-electron chi connectivity index (χ4n) is 2.56. The molecule has 2 aromatic rings. The molecule has 4 heteroatoms. The van der Waals surface area contributed by atoms with Gasteiger partial charge in [-0.25, -0.2) is 4.68 Å². The highest BCUT2D eigenvalue weighted by Gasteiger charge is 2.31. The number of nitrogens with zero attached hydrogens (tertiary/aromatic N) is 2. The summed E-state index contributed by atoms with van der Waals surface area (Å²) < 4.78 is 1.88. The summed E-state index contributed by atoms with van der Waals surface area (Å²) in [5.74, 6) is 1.05. The maximum absolute atomic E-state index is 12.2. The van der Waals surface area contributed by atoms with Gasteiger partial charge in [-0.2, -0.15) is 5.10 Å². The molecule has 1 fully saturated rings. The number of carbonyl (C=O) groups is 1. The van der Waals surface area contributed by atoms with E-state index in [0.717, 1.165) is 30.0 Å². The number of hydrogen-bond donors (Lipinski definition) is 1. The molecule has 0 atom stereocenters. The molecule has 1 aliphatic carbocycles. The molecular weight excluding hydrogens is 286 g/mol. The van der Waals surface area contributed by atoms with Gasteiger partial charge in [-0.15, -0.1) is 0 Å². The van der Waals surface area contributed by atoms with E-state index in [1.807, 2.05) is 16.8 Å². The molecule has 1 aromatic carbocycles. The molecule has 1 amide bonds. The molecule has 1 N–H and O–H groups in total. The van der Waals surface area contributed by atoms with Crippen LogP contribution in [-0.4, -0.2) is 15.7 Å². The molecule has 0 bridgehead atoms. The van der Waals surface area contributed by atoms with Crippen molar-refractivity contribution in [2.75, 3.05) is 5.32 Å². The third-order valence-electron chi connectivity index (χ3n) is 4.48. The average Bonchev–Trinajstić information content (AvgIpc) is 3.23. The van der Waals surface area contributed by atoms with Crippen molar-refractivity contribution < 1.29 is 4.79 Å². The van der Waals surface area contributed by atoms with E-state index in [1.54, 1.807) is 0 Å². The number of aromatic nitrogens is 2. The van der Waals surface area contributed by atoms with Crippen LogP contribution < -0.4 is 5.32 Å². The largest absolute Gasteiger partial charge is 0.310 e. The Labute approximate surface area is 137 Å². The van der Waals surface area contributed by atoms with E-state index < -0.39 is 0 Å². The van der Waals surface area contributed by atoms with Crippen molar-refractivity contribution in [3.05, 3.63) is 41.1 Å². The lowest BCUT2D eigenvalue weighted by Crippen LogP contribution is -2.16. The first-order valence-electron chi connectivity index (χ1n) is 8.25. The Balaban J connectivity index is 2.07. The van der Waals surface area contributed by atoms with Crippen molar-refractivity contribution >= 4 is 11.7 Å². The molecule has 4 nitrogen and oxygen atoms in total. The Bertz CT molecular complexity index is 748. The summed E-state index contributed by atoms with van der Waals surface area (Å²) in [7, 11) is 0. The number of rotatable bonds is 3. The molecule has 1 saturated carbocycles. The molecule has 122 valence electrons. The molecule has 0 aliphatic heterocycles. The number of hydrogen-bond acceptors (Lipinski definition) is 2. The zero-order chi connectivity index (χ0) is 16.8. The van der Waals surface area contributed by atoms with Crippen molar-refractivity contribution in [1.82, 2.24) is 9.78 Å². The minimum atomic E-state index is -0.0674. The maximum atomic E-state index is 12.2. The average molecular weight is 311 g/mol. The summed E-state index contributed by atoms with van der Waals surface area (Å²) in [6.45, 7) is 10.6. The van der Waals surface area contributed by atoms with Crippen LogP contribution in [0.3, 0.4) is 0 Å². The zero-order valence-electron chi connectivity index (χ0n) is 14.6. The van der Waals surface area contributed by atoms with Crippen LogP contribution in [0.5, 0.6) is 0 Å². The minimum absolute atomic E-state index is 0.0674. The molecule has 1 heterocycles. The van der Waals surface area contributed by atoms with Crippen LogP contribution in [-0.2, 0) is 10.2 Å². The Morgan fingerprint density at radius 1 is 1.26 bits per heavy atom. The van der Waals surface area contributed by atoms with Gasteiger partial charge in [-0.3, -0.25) is 4.79 Å². The Hall–Kier alpha value is -2.10. The highest BCUT2D eigenvalue weighted by Crippen LogP contribution is 2.32. The second-order valence-electron chi connectivity index (χ2n) is 7.56. The van der Waals surface area contributed by atoms with E-state index in [9.17, 15) is 4.79 Å². The lowest BCUT2D eigenvalue weighted by Gasteiger charge is -2.15. The summed E-state index contributed by atoms with van der Waals surface area (Å²) in [6, 6.07) is 8.18. The van der Waals surface area contributed by atoms with Gasteiger partial charge in [0.1, 0.15) is 5.82 Å². The van der Waals surface area contributed by atoms with Crippen LogP contribution in [0, 0.1) is 19.8 Å². The summed E-state index contributed by atoms with van der Waals surface area (Å²) in [6.07, 6.45) is 1.99. The van der Waals surface area contributed by atoms with Crippen molar-refractivity contribution in [3.8, 4) is 5.69 Å².